The molecule has 5 heteroatoms. The summed E-state index contributed by atoms with van der Waals surface area (Å²) in [5.74, 6) is 2.00. The summed E-state index contributed by atoms with van der Waals surface area (Å²) in [5, 5.41) is 0. The van der Waals surface area contributed by atoms with Gasteiger partial charge in [-0.3, -0.25) is 4.79 Å². The summed E-state index contributed by atoms with van der Waals surface area (Å²) in [6.07, 6.45) is 0. The van der Waals surface area contributed by atoms with E-state index in [2.05, 4.69) is 0 Å². The zero-order chi connectivity index (χ0) is 16.2. The van der Waals surface area contributed by atoms with E-state index in [9.17, 15) is 4.79 Å². The van der Waals surface area contributed by atoms with Crippen molar-refractivity contribution in [2.45, 2.75) is 6.54 Å². The Bertz CT molecular complexity index is 714. The molecule has 2 aromatic carbocycles. The number of para-hydroxylation sites is 1. The van der Waals surface area contributed by atoms with Gasteiger partial charge in [-0.1, -0.05) is 18.2 Å². The second-order valence-electron chi connectivity index (χ2n) is 5.33. The number of carbonyl (C=O) groups excluding carboxylic acids is 1. The number of hydrogen-bond acceptors (Lipinski definition) is 4. The summed E-state index contributed by atoms with van der Waals surface area (Å²) < 4.78 is 16.3. The van der Waals surface area contributed by atoms with Crippen molar-refractivity contribution >= 4 is 5.91 Å². The fraction of sp³-hybridized carbons (Fsp3) is 0.278. The van der Waals surface area contributed by atoms with Gasteiger partial charge in [-0.15, -0.1) is 0 Å². The molecule has 0 N–H and O–H groups in total. The highest BCUT2D eigenvalue weighted by Gasteiger charge is 2.18. The molecule has 0 spiro atoms. The second-order valence-corrected chi connectivity index (χ2v) is 5.33. The average molecular weight is 313 g/mol. The summed E-state index contributed by atoms with van der Waals surface area (Å²) in [5.41, 5.74) is 1.54. The monoisotopic (exact) mass is 313 g/mol. The Morgan fingerprint density at radius 1 is 1.13 bits per heavy atom. The van der Waals surface area contributed by atoms with Crippen LogP contribution in [-0.2, 0) is 6.54 Å². The zero-order valence-corrected chi connectivity index (χ0v) is 13.2. The third-order valence-electron chi connectivity index (χ3n) is 3.74. The minimum atomic E-state index is -0.0760. The number of amides is 1. The van der Waals surface area contributed by atoms with E-state index in [0.717, 1.165) is 11.3 Å². The van der Waals surface area contributed by atoms with E-state index in [1.807, 2.05) is 24.3 Å². The van der Waals surface area contributed by atoms with Crippen LogP contribution in [-0.4, -0.2) is 38.2 Å². The summed E-state index contributed by atoms with van der Waals surface area (Å²) in [7, 11) is 3.40. The normalized spacial score (nSPS) is 12.6. The quantitative estimate of drug-likeness (QED) is 0.871. The van der Waals surface area contributed by atoms with Gasteiger partial charge in [0, 0.05) is 24.7 Å². The molecule has 1 aliphatic rings. The number of benzene rings is 2. The average Bonchev–Trinajstić information content (AvgIpc) is 2.61. The van der Waals surface area contributed by atoms with Gasteiger partial charge in [0.15, 0.2) is 11.5 Å². The third-order valence-corrected chi connectivity index (χ3v) is 3.74. The Hall–Kier alpha value is -2.69. The molecule has 5 nitrogen and oxygen atoms in total. The minimum Gasteiger partial charge on any atom is -0.496 e. The van der Waals surface area contributed by atoms with Crippen molar-refractivity contribution in [3.63, 3.8) is 0 Å². The third kappa shape index (κ3) is 3.23. The van der Waals surface area contributed by atoms with E-state index in [-0.39, 0.29) is 5.91 Å². The van der Waals surface area contributed by atoms with E-state index < -0.39 is 0 Å². The fourth-order valence-electron chi connectivity index (χ4n) is 2.56. The first kappa shape index (κ1) is 15.2. The van der Waals surface area contributed by atoms with Crippen LogP contribution in [0.2, 0.25) is 0 Å². The van der Waals surface area contributed by atoms with Crippen LogP contribution < -0.4 is 14.2 Å². The number of hydrogen-bond donors (Lipinski definition) is 0. The Kier molecular flexibility index (Phi) is 4.37. The highest BCUT2D eigenvalue weighted by Crippen LogP contribution is 2.31. The first-order valence-corrected chi connectivity index (χ1v) is 7.46. The van der Waals surface area contributed by atoms with Crippen molar-refractivity contribution in [2.75, 3.05) is 27.4 Å². The predicted octanol–water partition coefficient (Wildman–Crippen LogP) is 2.74. The van der Waals surface area contributed by atoms with Gasteiger partial charge >= 0.3 is 0 Å². The highest BCUT2D eigenvalue weighted by molar-refractivity contribution is 5.94. The standard InChI is InChI=1S/C18H19NO4/c1-19(12-14-5-3-4-6-15(14)21-2)18(20)13-7-8-16-17(11-13)23-10-9-22-16/h3-8,11H,9-10,12H2,1-2H3. The van der Waals surface area contributed by atoms with E-state index >= 15 is 0 Å². The van der Waals surface area contributed by atoms with Gasteiger partial charge in [0.2, 0.25) is 0 Å². The predicted molar refractivity (Wildman–Crippen MR) is 86.2 cm³/mol. The molecule has 0 saturated heterocycles. The summed E-state index contributed by atoms with van der Waals surface area (Å²) in [6.45, 7) is 1.51. The lowest BCUT2D eigenvalue weighted by Crippen LogP contribution is -2.26. The summed E-state index contributed by atoms with van der Waals surface area (Å²) in [4.78, 5) is 14.3. The maximum Gasteiger partial charge on any atom is 0.254 e. The van der Waals surface area contributed by atoms with Crippen molar-refractivity contribution in [1.29, 1.82) is 0 Å². The lowest BCUT2D eigenvalue weighted by Gasteiger charge is -2.21. The first-order valence-electron chi connectivity index (χ1n) is 7.46. The number of methoxy groups -OCH3 is 1. The number of rotatable bonds is 4. The maximum atomic E-state index is 12.6. The lowest BCUT2D eigenvalue weighted by molar-refractivity contribution is 0.0783. The molecule has 0 aliphatic carbocycles. The van der Waals surface area contributed by atoms with Crippen LogP contribution in [0.3, 0.4) is 0 Å². The molecule has 2 aromatic rings. The Morgan fingerprint density at radius 3 is 2.65 bits per heavy atom. The molecule has 0 bridgehead atoms. The maximum absolute atomic E-state index is 12.6. The molecule has 0 saturated carbocycles. The van der Waals surface area contributed by atoms with Crippen molar-refractivity contribution in [1.82, 2.24) is 4.90 Å². The summed E-state index contributed by atoms with van der Waals surface area (Å²) >= 11 is 0. The van der Waals surface area contributed by atoms with E-state index in [1.54, 1.807) is 37.3 Å². The minimum absolute atomic E-state index is 0.0760. The molecule has 1 heterocycles. The smallest absolute Gasteiger partial charge is 0.254 e. The molecule has 0 aromatic heterocycles. The molecule has 3 rings (SSSR count). The Balaban J connectivity index is 1.77. The van der Waals surface area contributed by atoms with Gasteiger partial charge in [0.05, 0.1) is 7.11 Å². The van der Waals surface area contributed by atoms with Crippen LogP contribution in [0.1, 0.15) is 15.9 Å². The van der Waals surface area contributed by atoms with Crippen LogP contribution in [0.4, 0.5) is 0 Å². The van der Waals surface area contributed by atoms with Crippen molar-refractivity contribution in [3.8, 4) is 17.2 Å². The van der Waals surface area contributed by atoms with Crippen molar-refractivity contribution in [3.05, 3.63) is 53.6 Å². The Labute approximate surface area is 135 Å². The SMILES string of the molecule is COc1ccccc1CN(C)C(=O)c1ccc2c(c1)OCCO2. The van der Waals surface area contributed by atoms with E-state index in [4.69, 9.17) is 14.2 Å². The molecular formula is C18H19NO4. The van der Waals surface area contributed by atoms with Crippen molar-refractivity contribution < 1.29 is 19.0 Å². The highest BCUT2D eigenvalue weighted by atomic mass is 16.6. The van der Waals surface area contributed by atoms with Gasteiger partial charge in [-0.2, -0.15) is 0 Å². The molecule has 0 atom stereocenters. The first-order chi connectivity index (χ1) is 11.2. The van der Waals surface area contributed by atoms with Crippen LogP contribution in [0, 0.1) is 0 Å². The van der Waals surface area contributed by atoms with Gasteiger partial charge in [0.25, 0.3) is 5.91 Å². The van der Waals surface area contributed by atoms with E-state index in [0.29, 0.717) is 36.8 Å². The molecule has 0 unspecified atom stereocenters. The summed E-state index contributed by atoms with van der Waals surface area (Å²) in [6, 6.07) is 12.9. The molecular weight excluding hydrogens is 294 g/mol. The number of fused-ring (bicyclic) bond motifs is 1. The fourth-order valence-corrected chi connectivity index (χ4v) is 2.56. The van der Waals surface area contributed by atoms with Crippen LogP contribution >= 0.6 is 0 Å². The molecule has 120 valence electrons. The van der Waals surface area contributed by atoms with E-state index in [1.165, 1.54) is 0 Å². The number of nitrogens with zero attached hydrogens (tertiary/aromatic N) is 1. The number of ether oxygens (including phenoxy) is 3. The van der Waals surface area contributed by atoms with Gasteiger partial charge in [0.1, 0.15) is 19.0 Å². The Morgan fingerprint density at radius 2 is 1.87 bits per heavy atom. The molecule has 0 fully saturated rings. The zero-order valence-electron chi connectivity index (χ0n) is 13.2. The van der Waals surface area contributed by atoms with Crippen LogP contribution in [0.25, 0.3) is 0 Å². The number of carbonyl (C=O) groups is 1. The lowest BCUT2D eigenvalue weighted by atomic mass is 10.1. The van der Waals surface area contributed by atoms with Gasteiger partial charge < -0.3 is 19.1 Å². The molecule has 1 amide bonds. The van der Waals surface area contributed by atoms with Crippen LogP contribution in [0.5, 0.6) is 17.2 Å². The second kappa shape index (κ2) is 6.60. The molecule has 0 radical (unpaired) electrons. The topological polar surface area (TPSA) is 48.0 Å². The molecule has 1 aliphatic heterocycles. The largest absolute Gasteiger partial charge is 0.496 e. The van der Waals surface area contributed by atoms with Crippen molar-refractivity contribution in [2.24, 2.45) is 0 Å². The molecule has 23 heavy (non-hydrogen) atoms. The van der Waals surface area contributed by atoms with Gasteiger partial charge in [-0.25, -0.2) is 0 Å². The van der Waals surface area contributed by atoms with Crippen LogP contribution in [0.15, 0.2) is 42.5 Å². The van der Waals surface area contributed by atoms with Gasteiger partial charge in [-0.05, 0) is 24.3 Å².